The third-order valence-corrected chi connectivity index (χ3v) is 3.47. The number of piperazine rings is 1. The number of nitrogens with zero attached hydrogens (tertiary/aromatic N) is 2. The Labute approximate surface area is 91.6 Å². The Hall–Kier alpha value is -0.770. The summed E-state index contributed by atoms with van der Waals surface area (Å²) in [5, 5.41) is 3.26. The van der Waals surface area contributed by atoms with E-state index in [4.69, 9.17) is 0 Å². The largest absolute Gasteiger partial charge is 0.327 e. The van der Waals surface area contributed by atoms with E-state index in [2.05, 4.69) is 5.32 Å². The van der Waals surface area contributed by atoms with Crippen molar-refractivity contribution in [2.45, 2.75) is 19.3 Å². The fourth-order valence-electron chi connectivity index (χ4n) is 2.24. The van der Waals surface area contributed by atoms with E-state index in [-0.39, 0.29) is 6.03 Å². The van der Waals surface area contributed by atoms with Gasteiger partial charge >= 0.3 is 6.03 Å². The number of carbonyl (C=O) groups is 1. The fraction of sp³-hybridized carbons (Fsp3) is 0.909. The number of amides is 2. The van der Waals surface area contributed by atoms with Crippen molar-refractivity contribution in [3.05, 3.63) is 0 Å². The highest BCUT2D eigenvalue weighted by molar-refractivity contribution is 5.74. The van der Waals surface area contributed by atoms with Gasteiger partial charge < -0.3 is 15.1 Å². The van der Waals surface area contributed by atoms with Crippen LogP contribution in [0.2, 0.25) is 0 Å². The Morgan fingerprint density at radius 3 is 2.60 bits per heavy atom. The Bertz CT molecular complexity index is 222. The summed E-state index contributed by atoms with van der Waals surface area (Å²) in [6.07, 6.45) is 3.96. The van der Waals surface area contributed by atoms with Crippen molar-refractivity contribution in [3.8, 4) is 0 Å². The molecule has 1 saturated heterocycles. The first-order valence-electron chi connectivity index (χ1n) is 5.98. The van der Waals surface area contributed by atoms with E-state index >= 15 is 0 Å². The first-order chi connectivity index (χ1) is 7.27. The Morgan fingerprint density at radius 1 is 1.40 bits per heavy atom. The number of nitrogens with one attached hydrogen (secondary N) is 1. The van der Waals surface area contributed by atoms with Gasteiger partial charge in [0.25, 0.3) is 0 Å². The summed E-state index contributed by atoms with van der Waals surface area (Å²) >= 11 is 0. The molecule has 0 atom stereocenters. The van der Waals surface area contributed by atoms with Crippen molar-refractivity contribution in [2.24, 2.45) is 5.92 Å². The molecule has 0 spiro atoms. The molecule has 2 aliphatic rings. The van der Waals surface area contributed by atoms with Gasteiger partial charge in [-0.1, -0.05) is 6.42 Å². The van der Waals surface area contributed by atoms with Crippen LogP contribution in [0.25, 0.3) is 0 Å². The van der Waals surface area contributed by atoms with E-state index in [1.165, 1.54) is 19.3 Å². The van der Waals surface area contributed by atoms with Crippen LogP contribution in [0.3, 0.4) is 0 Å². The molecule has 0 aromatic carbocycles. The summed E-state index contributed by atoms with van der Waals surface area (Å²) in [6.45, 7) is 4.52. The molecule has 1 heterocycles. The summed E-state index contributed by atoms with van der Waals surface area (Å²) in [6, 6.07) is 0.211. The molecular weight excluding hydrogens is 190 g/mol. The lowest BCUT2D eigenvalue weighted by Gasteiger charge is -2.35. The molecule has 2 amide bonds. The van der Waals surface area contributed by atoms with Gasteiger partial charge in [0.05, 0.1) is 0 Å². The normalized spacial score (nSPS) is 22.3. The van der Waals surface area contributed by atoms with E-state index in [0.717, 1.165) is 38.6 Å². The molecule has 1 aliphatic heterocycles. The van der Waals surface area contributed by atoms with Gasteiger partial charge in [0.2, 0.25) is 0 Å². The van der Waals surface area contributed by atoms with Crippen molar-refractivity contribution in [1.29, 1.82) is 0 Å². The maximum atomic E-state index is 12.0. The first-order valence-corrected chi connectivity index (χ1v) is 5.98. The van der Waals surface area contributed by atoms with Crippen LogP contribution in [0, 0.1) is 5.92 Å². The minimum absolute atomic E-state index is 0.211. The minimum Gasteiger partial charge on any atom is -0.327 e. The highest BCUT2D eigenvalue weighted by Crippen LogP contribution is 2.26. The molecule has 0 aromatic rings. The zero-order valence-corrected chi connectivity index (χ0v) is 9.54. The molecule has 1 aliphatic carbocycles. The van der Waals surface area contributed by atoms with E-state index in [0.29, 0.717) is 0 Å². The van der Waals surface area contributed by atoms with Crippen molar-refractivity contribution in [3.63, 3.8) is 0 Å². The molecule has 4 nitrogen and oxygen atoms in total. The molecule has 4 heteroatoms. The maximum absolute atomic E-state index is 12.0. The summed E-state index contributed by atoms with van der Waals surface area (Å²) < 4.78 is 0. The van der Waals surface area contributed by atoms with Crippen LogP contribution in [0.5, 0.6) is 0 Å². The Kier molecular flexibility index (Phi) is 3.46. The lowest BCUT2D eigenvalue weighted by Crippen LogP contribution is -2.51. The molecule has 1 N–H and O–H groups in total. The van der Waals surface area contributed by atoms with Gasteiger partial charge in [-0.05, 0) is 18.8 Å². The van der Waals surface area contributed by atoms with Crippen molar-refractivity contribution < 1.29 is 4.79 Å². The molecule has 15 heavy (non-hydrogen) atoms. The topological polar surface area (TPSA) is 35.6 Å². The lowest BCUT2D eigenvalue weighted by atomic mass is 9.85. The second kappa shape index (κ2) is 4.84. The van der Waals surface area contributed by atoms with E-state index in [1.807, 2.05) is 16.8 Å². The molecule has 2 rings (SSSR count). The van der Waals surface area contributed by atoms with Crippen LogP contribution >= 0.6 is 0 Å². The summed E-state index contributed by atoms with van der Waals surface area (Å²) in [4.78, 5) is 15.8. The SMILES string of the molecule is CN(CC1CCC1)C(=O)N1CCNCC1. The van der Waals surface area contributed by atoms with Gasteiger partial charge in [0.15, 0.2) is 0 Å². The molecule has 0 aromatic heterocycles. The zero-order chi connectivity index (χ0) is 10.7. The maximum Gasteiger partial charge on any atom is 0.319 e. The van der Waals surface area contributed by atoms with E-state index in [1.54, 1.807) is 0 Å². The van der Waals surface area contributed by atoms with Crippen LogP contribution in [0.15, 0.2) is 0 Å². The zero-order valence-electron chi connectivity index (χ0n) is 9.54. The first kappa shape index (κ1) is 10.7. The smallest absolute Gasteiger partial charge is 0.319 e. The fourth-order valence-corrected chi connectivity index (χ4v) is 2.24. The average Bonchev–Trinajstić information content (AvgIpc) is 2.23. The minimum atomic E-state index is 0.211. The van der Waals surface area contributed by atoms with Gasteiger partial charge in [0.1, 0.15) is 0 Å². The molecule has 0 unspecified atom stereocenters. The van der Waals surface area contributed by atoms with Gasteiger partial charge in [-0.3, -0.25) is 0 Å². The standard InChI is InChI=1S/C11H21N3O/c1-13(9-10-3-2-4-10)11(15)14-7-5-12-6-8-14/h10,12H,2-9H2,1H3. The average molecular weight is 211 g/mol. The Morgan fingerprint density at radius 2 is 2.07 bits per heavy atom. The van der Waals surface area contributed by atoms with Gasteiger partial charge in [-0.25, -0.2) is 4.79 Å². The highest BCUT2D eigenvalue weighted by Gasteiger charge is 2.24. The molecule has 2 fully saturated rings. The third kappa shape index (κ3) is 2.62. The molecule has 0 radical (unpaired) electrons. The summed E-state index contributed by atoms with van der Waals surface area (Å²) in [5.41, 5.74) is 0. The number of rotatable bonds is 2. The van der Waals surface area contributed by atoms with Crippen LogP contribution in [-0.2, 0) is 0 Å². The van der Waals surface area contributed by atoms with Crippen LogP contribution in [-0.4, -0.2) is 55.6 Å². The number of hydrogen-bond acceptors (Lipinski definition) is 2. The van der Waals surface area contributed by atoms with Gasteiger partial charge in [0, 0.05) is 39.8 Å². The summed E-state index contributed by atoms with van der Waals surface area (Å²) in [5.74, 6) is 0.766. The Balaban J connectivity index is 1.77. The second-order valence-corrected chi connectivity index (χ2v) is 4.70. The predicted octanol–water partition coefficient (Wildman–Crippen LogP) is 0.744. The van der Waals surface area contributed by atoms with Crippen LogP contribution in [0.4, 0.5) is 4.79 Å². The second-order valence-electron chi connectivity index (χ2n) is 4.70. The molecular formula is C11H21N3O. The van der Waals surface area contributed by atoms with Crippen LogP contribution in [0.1, 0.15) is 19.3 Å². The van der Waals surface area contributed by atoms with E-state index in [9.17, 15) is 4.79 Å². The quantitative estimate of drug-likeness (QED) is 0.731. The number of urea groups is 1. The van der Waals surface area contributed by atoms with Gasteiger partial charge in [-0.2, -0.15) is 0 Å². The molecule has 86 valence electrons. The van der Waals surface area contributed by atoms with E-state index < -0.39 is 0 Å². The van der Waals surface area contributed by atoms with Crippen LogP contribution < -0.4 is 5.32 Å². The van der Waals surface area contributed by atoms with Crippen molar-refractivity contribution in [2.75, 3.05) is 39.8 Å². The number of carbonyl (C=O) groups excluding carboxylic acids is 1. The number of hydrogen-bond donors (Lipinski definition) is 1. The third-order valence-electron chi connectivity index (χ3n) is 3.47. The van der Waals surface area contributed by atoms with Crippen molar-refractivity contribution in [1.82, 2.24) is 15.1 Å². The monoisotopic (exact) mass is 211 g/mol. The molecule has 1 saturated carbocycles. The lowest BCUT2D eigenvalue weighted by molar-refractivity contribution is 0.139. The van der Waals surface area contributed by atoms with Gasteiger partial charge in [-0.15, -0.1) is 0 Å². The molecule has 0 bridgehead atoms. The summed E-state index contributed by atoms with van der Waals surface area (Å²) in [7, 11) is 1.93. The predicted molar refractivity (Wildman–Crippen MR) is 59.8 cm³/mol. The van der Waals surface area contributed by atoms with Crippen molar-refractivity contribution >= 4 is 6.03 Å². The highest BCUT2D eigenvalue weighted by atomic mass is 16.2.